The van der Waals surface area contributed by atoms with Crippen molar-refractivity contribution in [3.63, 3.8) is 0 Å². The molecule has 2 aliphatic rings. The molecule has 1 amide bonds. The highest BCUT2D eigenvalue weighted by Gasteiger charge is 2.28. The molecule has 108 valence electrons. The first-order valence-corrected chi connectivity index (χ1v) is 7.28. The fourth-order valence-electron chi connectivity index (χ4n) is 3.16. The lowest BCUT2D eigenvalue weighted by molar-refractivity contribution is -0.116. The summed E-state index contributed by atoms with van der Waals surface area (Å²) in [6.07, 6.45) is 4.52. The standard InChI is InChI=1S/C15H21N3O2/c16-14-12-6-5-10(8-13(12)17-15(14)20)18-7-3-1-2-4-11(18)9-19/h5-6,8,11,14,19H,1-4,7,9,16H2,(H,17,20). The van der Waals surface area contributed by atoms with Gasteiger partial charge in [0.15, 0.2) is 0 Å². The van der Waals surface area contributed by atoms with Crippen molar-refractivity contribution in [1.82, 2.24) is 0 Å². The lowest BCUT2D eigenvalue weighted by atomic mass is 10.1. The molecule has 1 aromatic carbocycles. The molecule has 1 saturated heterocycles. The molecule has 20 heavy (non-hydrogen) atoms. The number of nitrogens with one attached hydrogen (secondary N) is 1. The SMILES string of the molecule is NC1C(=O)Nc2cc(N3CCCCCC3CO)ccc21. The topological polar surface area (TPSA) is 78.6 Å². The van der Waals surface area contributed by atoms with Gasteiger partial charge in [0.2, 0.25) is 5.91 Å². The van der Waals surface area contributed by atoms with Gasteiger partial charge in [-0.15, -0.1) is 0 Å². The molecule has 2 heterocycles. The molecule has 0 saturated carbocycles. The Morgan fingerprint density at radius 2 is 2.20 bits per heavy atom. The van der Waals surface area contributed by atoms with Crippen LogP contribution in [0.1, 0.15) is 37.3 Å². The number of aliphatic hydroxyl groups is 1. The molecule has 1 fully saturated rings. The first-order chi connectivity index (χ1) is 9.70. The second-order valence-electron chi connectivity index (χ2n) is 5.62. The van der Waals surface area contributed by atoms with Gasteiger partial charge in [-0.1, -0.05) is 18.9 Å². The van der Waals surface area contributed by atoms with Crippen molar-refractivity contribution in [2.75, 3.05) is 23.4 Å². The monoisotopic (exact) mass is 275 g/mol. The number of hydrogen-bond acceptors (Lipinski definition) is 4. The van der Waals surface area contributed by atoms with Gasteiger partial charge in [-0.25, -0.2) is 0 Å². The fraction of sp³-hybridized carbons (Fsp3) is 0.533. The normalized spacial score (nSPS) is 26.1. The lowest BCUT2D eigenvalue weighted by Crippen LogP contribution is -2.37. The Labute approximate surface area is 118 Å². The van der Waals surface area contributed by atoms with Gasteiger partial charge in [-0.05, 0) is 25.0 Å². The van der Waals surface area contributed by atoms with Crippen molar-refractivity contribution in [2.45, 2.75) is 37.8 Å². The van der Waals surface area contributed by atoms with Crippen LogP contribution in [-0.4, -0.2) is 30.2 Å². The van der Waals surface area contributed by atoms with Crippen molar-refractivity contribution in [3.8, 4) is 0 Å². The van der Waals surface area contributed by atoms with E-state index in [1.54, 1.807) is 0 Å². The smallest absolute Gasteiger partial charge is 0.245 e. The Morgan fingerprint density at radius 3 is 3.00 bits per heavy atom. The van der Waals surface area contributed by atoms with Gasteiger partial charge >= 0.3 is 0 Å². The van der Waals surface area contributed by atoms with Gasteiger partial charge in [-0.2, -0.15) is 0 Å². The van der Waals surface area contributed by atoms with E-state index < -0.39 is 6.04 Å². The molecule has 0 spiro atoms. The van der Waals surface area contributed by atoms with Crippen LogP contribution in [0.4, 0.5) is 11.4 Å². The molecule has 1 aromatic rings. The number of carbonyl (C=O) groups excluding carboxylic acids is 1. The number of amides is 1. The summed E-state index contributed by atoms with van der Waals surface area (Å²) in [4.78, 5) is 13.9. The largest absolute Gasteiger partial charge is 0.394 e. The van der Waals surface area contributed by atoms with Crippen molar-refractivity contribution < 1.29 is 9.90 Å². The van der Waals surface area contributed by atoms with Gasteiger partial charge in [0.25, 0.3) is 0 Å². The van der Waals surface area contributed by atoms with E-state index in [9.17, 15) is 9.90 Å². The Balaban J connectivity index is 1.90. The third-order valence-corrected chi connectivity index (χ3v) is 4.33. The molecule has 2 atom stereocenters. The highest BCUT2D eigenvalue weighted by atomic mass is 16.3. The minimum atomic E-state index is -0.558. The van der Waals surface area contributed by atoms with Crippen LogP contribution in [0, 0.1) is 0 Å². The molecule has 2 aliphatic heterocycles. The Hall–Kier alpha value is -1.59. The van der Waals surface area contributed by atoms with Gasteiger partial charge in [0, 0.05) is 23.5 Å². The van der Waals surface area contributed by atoms with Crippen LogP contribution in [0.25, 0.3) is 0 Å². The van der Waals surface area contributed by atoms with Crippen molar-refractivity contribution in [3.05, 3.63) is 23.8 Å². The average molecular weight is 275 g/mol. The highest BCUT2D eigenvalue weighted by molar-refractivity contribution is 6.02. The number of hydrogen-bond donors (Lipinski definition) is 3. The minimum Gasteiger partial charge on any atom is -0.394 e. The highest BCUT2D eigenvalue weighted by Crippen LogP contribution is 2.34. The van der Waals surface area contributed by atoms with Crippen LogP contribution in [0.2, 0.25) is 0 Å². The predicted octanol–water partition coefficient (Wildman–Crippen LogP) is 1.38. The summed E-state index contributed by atoms with van der Waals surface area (Å²) in [6, 6.07) is 5.52. The van der Waals surface area contributed by atoms with Crippen LogP contribution in [0.15, 0.2) is 18.2 Å². The summed E-state index contributed by atoms with van der Waals surface area (Å²) in [5.41, 5.74) is 8.55. The Morgan fingerprint density at radius 1 is 1.35 bits per heavy atom. The lowest BCUT2D eigenvalue weighted by Gasteiger charge is -2.31. The van der Waals surface area contributed by atoms with E-state index in [1.807, 2.05) is 18.2 Å². The number of fused-ring (bicyclic) bond motifs is 1. The second-order valence-corrected chi connectivity index (χ2v) is 5.62. The number of aliphatic hydroxyl groups excluding tert-OH is 1. The molecule has 5 heteroatoms. The van der Waals surface area contributed by atoms with Crippen LogP contribution in [0.5, 0.6) is 0 Å². The number of nitrogens with two attached hydrogens (primary N) is 1. The van der Waals surface area contributed by atoms with Crippen molar-refractivity contribution in [1.29, 1.82) is 0 Å². The number of carbonyl (C=O) groups is 1. The van der Waals surface area contributed by atoms with E-state index in [4.69, 9.17) is 5.73 Å². The molecular formula is C15H21N3O2. The molecule has 5 nitrogen and oxygen atoms in total. The second kappa shape index (κ2) is 5.42. The maximum absolute atomic E-state index is 11.6. The molecule has 2 unspecified atom stereocenters. The third kappa shape index (κ3) is 2.27. The van der Waals surface area contributed by atoms with Gasteiger partial charge < -0.3 is 21.1 Å². The summed E-state index contributed by atoms with van der Waals surface area (Å²) in [5.74, 6) is -0.147. The first kappa shape index (κ1) is 13.4. The quantitative estimate of drug-likeness (QED) is 0.762. The van der Waals surface area contributed by atoms with Crippen molar-refractivity contribution in [2.24, 2.45) is 5.73 Å². The maximum atomic E-state index is 11.6. The molecule has 4 N–H and O–H groups in total. The minimum absolute atomic E-state index is 0.147. The molecular weight excluding hydrogens is 254 g/mol. The van der Waals surface area contributed by atoms with E-state index >= 15 is 0 Å². The summed E-state index contributed by atoms with van der Waals surface area (Å²) in [5, 5.41) is 12.4. The molecule has 3 rings (SSSR count). The van der Waals surface area contributed by atoms with Crippen LogP contribution in [0.3, 0.4) is 0 Å². The zero-order valence-electron chi connectivity index (χ0n) is 11.5. The summed E-state index contributed by atoms with van der Waals surface area (Å²) >= 11 is 0. The molecule has 0 bridgehead atoms. The van der Waals surface area contributed by atoms with E-state index in [1.165, 1.54) is 6.42 Å². The van der Waals surface area contributed by atoms with Gasteiger partial charge in [0.05, 0.1) is 12.6 Å². The number of rotatable bonds is 2. The summed E-state index contributed by atoms with van der Waals surface area (Å²) in [6.45, 7) is 1.12. The van der Waals surface area contributed by atoms with Gasteiger partial charge in [-0.3, -0.25) is 4.79 Å². The maximum Gasteiger partial charge on any atom is 0.245 e. The van der Waals surface area contributed by atoms with Crippen LogP contribution >= 0.6 is 0 Å². The zero-order valence-corrected chi connectivity index (χ0v) is 11.5. The average Bonchev–Trinajstić information content (AvgIpc) is 2.66. The summed E-state index contributed by atoms with van der Waals surface area (Å²) < 4.78 is 0. The zero-order chi connectivity index (χ0) is 14.1. The molecule has 0 aromatic heterocycles. The molecule has 0 radical (unpaired) electrons. The van der Waals surface area contributed by atoms with E-state index in [0.717, 1.165) is 42.7 Å². The summed E-state index contributed by atoms with van der Waals surface area (Å²) in [7, 11) is 0. The van der Waals surface area contributed by atoms with Gasteiger partial charge in [0.1, 0.15) is 6.04 Å². The van der Waals surface area contributed by atoms with E-state index in [-0.39, 0.29) is 18.6 Å². The fourth-order valence-corrected chi connectivity index (χ4v) is 3.16. The number of anilines is 2. The number of benzene rings is 1. The number of nitrogens with zero attached hydrogens (tertiary/aromatic N) is 1. The van der Waals surface area contributed by atoms with Crippen molar-refractivity contribution >= 4 is 17.3 Å². The predicted molar refractivity (Wildman–Crippen MR) is 78.7 cm³/mol. The Bertz CT molecular complexity index is 518. The van der Waals surface area contributed by atoms with Crippen LogP contribution < -0.4 is 16.0 Å². The molecule has 0 aliphatic carbocycles. The van der Waals surface area contributed by atoms with E-state index in [2.05, 4.69) is 10.2 Å². The Kier molecular flexibility index (Phi) is 3.63. The third-order valence-electron chi connectivity index (χ3n) is 4.33. The van der Waals surface area contributed by atoms with E-state index in [0.29, 0.717) is 0 Å². The van der Waals surface area contributed by atoms with Crippen LogP contribution in [-0.2, 0) is 4.79 Å². The first-order valence-electron chi connectivity index (χ1n) is 7.28.